The largest absolute Gasteiger partial charge is 0.496 e. The van der Waals surface area contributed by atoms with Gasteiger partial charge in [-0.1, -0.05) is 18.2 Å². The number of hydrogen-bond donors (Lipinski definition) is 2. The highest BCUT2D eigenvalue weighted by atomic mass is 16.5. The average Bonchev–Trinajstić information content (AvgIpc) is 2.41. The molecular weight excluding hydrogens is 226 g/mol. The Labute approximate surface area is 106 Å². The van der Waals surface area contributed by atoms with Crippen LogP contribution in [0.2, 0.25) is 0 Å². The fraction of sp³-hybridized carbons (Fsp3) is 0.143. The summed E-state index contributed by atoms with van der Waals surface area (Å²) in [4.78, 5) is 4.21. The summed E-state index contributed by atoms with van der Waals surface area (Å²) >= 11 is 0. The van der Waals surface area contributed by atoms with Gasteiger partial charge in [0.15, 0.2) is 0 Å². The number of nitrogens with zero attached hydrogens (tertiary/aromatic N) is 1. The van der Waals surface area contributed by atoms with Crippen molar-refractivity contribution in [2.75, 3.05) is 12.4 Å². The molecule has 0 radical (unpaired) electrons. The zero-order valence-corrected chi connectivity index (χ0v) is 10.4. The van der Waals surface area contributed by atoms with E-state index in [2.05, 4.69) is 10.3 Å². The number of amidine groups is 1. The summed E-state index contributed by atoms with van der Waals surface area (Å²) in [5, 5.41) is 11.0. The lowest BCUT2D eigenvalue weighted by Gasteiger charge is -2.11. The molecule has 4 heteroatoms. The monoisotopic (exact) mass is 241 g/mol. The molecule has 0 aliphatic heterocycles. The van der Waals surface area contributed by atoms with Crippen LogP contribution < -0.4 is 10.1 Å². The third-order valence-electron chi connectivity index (χ3n) is 2.54. The molecule has 92 valence electrons. The number of anilines is 1. The second kappa shape index (κ2) is 5.31. The minimum absolute atomic E-state index is 0.267. The van der Waals surface area contributed by atoms with Crippen molar-refractivity contribution in [1.82, 2.24) is 4.98 Å². The molecule has 0 atom stereocenters. The summed E-state index contributed by atoms with van der Waals surface area (Å²) in [5.41, 5.74) is 1.80. The maximum Gasteiger partial charge on any atom is 0.134 e. The first-order valence-corrected chi connectivity index (χ1v) is 5.62. The molecule has 1 aromatic heterocycles. The molecule has 0 unspecified atom stereocenters. The summed E-state index contributed by atoms with van der Waals surface area (Å²) < 4.78 is 5.22. The number of benzene rings is 1. The maximum absolute atomic E-state index is 8.03. The van der Waals surface area contributed by atoms with Crippen LogP contribution in [0.3, 0.4) is 0 Å². The zero-order valence-electron chi connectivity index (χ0n) is 10.4. The van der Waals surface area contributed by atoms with Crippen molar-refractivity contribution in [1.29, 1.82) is 5.41 Å². The van der Waals surface area contributed by atoms with Gasteiger partial charge in [-0.3, -0.25) is 5.41 Å². The fourth-order valence-corrected chi connectivity index (χ4v) is 1.59. The molecule has 1 heterocycles. The molecule has 0 amide bonds. The summed E-state index contributed by atoms with van der Waals surface area (Å²) in [6.45, 7) is 1.97. The van der Waals surface area contributed by atoms with E-state index in [-0.39, 0.29) is 5.84 Å². The summed E-state index contributed by atoms with van der Waals surface area (Å²) in [6, 6.07) is 11.2. The second-order valence-corrected chi connectivity index (χ2v) is 3.92. The van der Waals surface area contributed by atoms with E-state index in [0.717, 1.165) is 5.56 Å². The molecule has 0 fully saturated rings. The van der Waals surface area contributed by atoms with E-state index in [1.165, 1.54) is 0 Å². The molecule has 2 rings (SSSR count). The quantitative estimate of drug-likeness (QED) is 0.641. The Morgan fingerprint density at radius 3 is 2.67 bits per heavy atom. The van der Waals surface area contributed by atoms with E-state index in [0.29, 0.717) is 17.1 Å². The first-order chi connectivity index (χ1) is 8.70. The van der Waals surface area contributed by atoms with E-state index in [1.54, 1.807) is 13.3 Å². The molecule has 2 aromatic rings. The Hall–Kier alpha value is -2.36. The molecule has 0 aliphatic carbocycles. The molecule has 0 bridgehead atoms. The lowest BCUT2D eigenvalue weighted by molar-refractivity contribution is 0.414. The Balaban J connectivity index is 2.19. The molecular formula is C14H15N3O. The molecule has 0 saturated carbocycles. The third kappa shape index (κ3) is 2.66. The smallest absolute Gasteiger partial charge is 0.134 e. The number of para-hydroxylation sites is 1. The van der Waals surface area contributed by atoms with Gasteiger partial charge in [0.2, 0.25) is 0 Å². The van der Waals surface area contributed by atoms with E-state index in [9.17, 15) is 0 Å². The van der Waals surface area contributed by atoms with Gasteiger partial charge in [0, 0.05) is 6.20 Å². The normalized spacial score (nSPS) is 9.89. The van der Waals surface area contributed by atoms with E-state index in [1.807, 2.05) is 43.3 Å². The molecule has 1 aromatic carbocycles. The number of aryl methyl sites for hydroxylation is 1. The van der Waals surface area contributed by atoms with Gasteiger partial charge in [0.05, 0.1) is 12.7 Å². The molecule has 0 saturated heterocycles. The highest BCUT2D eigenvalue weighted by Gasteiger charge is 2.08. The highest BCUT2D eigenvalue weighted by Crippen LogP contribution is 2.18. The SMILES string of the molecule is COc1ccccc1C(=N)Nc1ccc(C)cn1. The third-order valence-corrected chi connectivity index (χ3v) is 2.54. The fourth-order valence-electron chi connectivity index (χ4n) is 1.59. The Kier molecular flexibility index (Phi) is 3.57. The molecule has 18 heavy (non-hydrogen) atoms. The van der Waals surface area contributed by atoms with Crippen LogP contribution in [0, 0.1) is 12.3 Å². The number of hydrogen-bond acceptors (Lipinski definition) is 3. The van der Waals surface area contributed by atoms with Gasteiger partial charge in [0.25, 0.3) is 0 Å². The summed E-state index contributed by atoms with van der Waals surface area (Å²) in [7, 11) is 1.59. The summed E-state index contributed by atoms with van der Waals surface area (Å²) in [5.74, 6) is 1.59. The van der Waals surface area contributed by atoms with E-state index in [4.69, 9.17) is 10.1 Å². The zero-order chi connectivity index (χ0) is 13.0. The molecule has 2 N–H and O–H groups in total. The lowest BCUT2D eigenvalue weighted by atomic mass is 10.2. The van der Waals surface area contributed by atoms with Gasteiger partial charge in [-0.2, -0.15) is 0 Å². The Bertz CT molecular complexity index is 549. The van der Waals surface area contributed by atoms with Crippen molar-refractivity contribution in [3.63, 3.8) is 0 Å². The topological polar surface area (TPSA) is 58.0 Å². The van der Waals surface area contributed by atoms with Crippen LogP contribution in [0.1, 0.15) is 11.1 Å². The maximum atomic E-state index is 8.03. The number of pyridine rings is 1. The van der Waals surface area contributed by atoms with E-state index >= 15 is 0 Å². The van der Waals surface area contributed by atoms with Gasteiger partial charge in [-0.25, -0.2) is 4.98 Å². The van der Waals surface area contributed by atoms with Crippen molar-refractivity contribution < 1.29 is 4.74 Å². The lowest BCUT2D eigenvalue weighted by Crippen LogP contribution is -2.14. The van der Waals surface area contributed by atoms with E-state index < -0.39 is 0 Å². The van der Waals surface area contributed by atoms with Crippen molar-refractivity contribution in [2.24, 2.45) is 0 Å². The van der Waals surface area contributed by atoms with Crippen molar-refractivity contribution in [3.05, 3.63) is 53.7 Å². The van der Waals surface area contributed by atoms with Crippen LogP contribution in [0.15, 0.2) is 42.6 Å². The highest BCUT2D eigenvalue weighted by molar-refractivity contribution is 6.07. The molecule has 0 aliphatic rings. The standard InChI is InChI=1S/C14H15N3O/c1-10-7-8-13(16-9-10)17-14(15)11-5-3-4-6-12(11)18-2/h3-9H,1-2H3,(H2,15,16,17). The van der Waals surface area contributed by atoms with Crippen LogP contribution in [-0.2, 0) is 0 Å². The minimum atomic E-state index is 0.267. The van der Waals surface area contributed by atoms with Crippen LogP contribution in [0.25, 0.3) is 0 Å². The number of ether oxygens (including phenoxy) is 1. The average molecular weight is 241 g/mol. The Morgan fingerprint density at radius 1 is 1.22 bits per heavy atom. The first kappa shape index (κ1) is 12.1. The van der Waals surface area contributed by atoms with Gasteiger partial charge < -0.3 is 10.1 Å². The van der Waals surface area contributed by atoms with Crippen LogP contribution in [0.4, 0.5) is 5.82 Å². The van der Waals surface area contributed by atoms with Crippen molar-refractivity contribution in [3.8, 4) is 5.75 Å². The van der Waals surface area contributed by atoms with Crippen LogP contribution >= 0.6 is 0 Å². The summed E-state index contributed by atoms with van der Waals surface area (Å²) in [6.07, 6.45) is 1.76. The minimum Gasteiger partial charge on any atom is -0.496 e. The Morgan fingerprint density at radius 2 is 2.00 bits per heavy atom. The van der Waals surface area contributed by atoms with Crippen molar-refractivity contribution in [2.45, 2.75) is 6.92 Å². The molecule has 0 spiro atoms. The number of nitrogens with one attached hydrogen (secondary N) is 2. The second-order valence-electron chi connectivity index (χ2n) is 3.92. The predicted octanol–water partition coefficient (Wildman–Crippen LogP) is 2.84. The van der Waals surface area contributed by atoms with Crippen LogP contribution in [0.5, 0.6) is 5.75 Å². The van der Waals surface area contributed by atoms with Crippen LogP contribution in [-0.4, -0.2) is 17.9 Å². The van der Waals surface area contributed by atoms with Gasteiger partial charge in [0.1, 0.15) is 17.4 Å². The number of aromatic nitrogens is 1. The van der Waals surface area contributed by atoms with Gasteiger partial charge in [-0.15, -0.1) is 0 Å². The van der Waals surface area contributed by atoms with Gasteiger partial charge >= 0.3 is 0 Å². The first-order valence-electron chi connectivity index (χ1n) is 5.62. The number of methoxy groups -OCH3 is 1. The molecule has 4 nitrogen and oxygen atoms in total. The number of rotatable bonds is 3. The predicted molar refractivity (Wildman–Crippen MR) is 72.4 cm³/mol. The van der Waals surface area contributed by atoms with Gasteiger partial charge in [-0.05, 0) is 30.7 Å². The van der Waals surface area contributed by atoms with Crippen molar-refractivity contribution >= 4 is 11.7 Å².